The third kappa shape index (κ3) is 4.43. The van der Waals surface area contributed by atoms with E-state index < -0.39 is 4.92 Å². The lowest BCUT2D eigenvalue weighted by Gasteiger charge is -2.08. The molecule has 0 spiro atoms. The van der Waals surface area contributed by atoms with Gasteiger partial charge in [0.05, 0.1) is 15.0 Å². The Morgan fingerprint density at radius 1 is 1.29 bits per heavy atom. The predicted molar refractivity (Wildman–Crippen MR) is 90.4 cm³/mol. The molecule has 0 atom stereocenters. The molecular weight excluding hydrogens is 359 g/mol. The Morgan fingerprint density at radius 2 is 2.04 bits per heavy atom. The SMILES string of the molecule is Nc1nc(NCCNC(=O)c2ccc(Cl)c(Cl)c2)ncc1[N+](=O)[O-]. The second kappa shape index (κ2) is 7.75. The second-order valence-corrected chi connectivity index (χ2v) is 5.35. The quantitative estimate of drug-likeness (QED) is 0.402. The van der Waals surface area contributed by atoms with E-state index in [1.165, 1.54) is 12.1 Å². The van der Waals surface area contributed by atoms with Gasteiger partial charge in [0.25, 0.3) is 5.91 Å². The molecule has 126 valence electrons. The summed E-state index contributed by atoms with van der Waals surface area (Å²) in [5.74, 6) is -0.432. The fourth-order valence-electron chi connectivity index (χ4n) is 1.70. The van der Waals surface area contributed by atoms with Crippen LogP contribution in [0, 0.1) is 10.1 Å². The molecule has 2 aromatic rings. The summed E-state index contributed by atoms with van der Waals surface area (Å²) in [5.41, 5.74) is 5.46. The molecule has 1 heterocycles. The third-order valence-electron chi connectivity index (χ3n) is 2.87. The van der Waals surface area contributed by atoms with Gasteiger partial charge in [-0.25, -0.2) is 4.98 Å². The van der Waals surface area contributed by atoms with Gasteiger partial charge in [-0.3, -0.25) is 14.9 Å². The number of carbonyl (C=O) groups excluding carboxylic acids is 1. The molecule has 0 saturated carbocycles. The third-order valence-corrected chi connectivity index (χ3v) is 3.61. The zero-order chi connectivity index (χ0) is 17.7. The summed E-state index contributed by atoms with van der Waals surface area (Å²) in [7, 11) is 0. The van der Waals surface area contributed by atoms with Gasteiger partial charge in [-0.05, 0) is 18.2 Å². The van der Waals surface area contributed by atoms with Crippen molar-refractivity contribution < 1.29 is 9.72 Å². The molecule has 4 N–H and O–H groups in total. The van der Waals surface area contributed by atoms with Crippen molar-refractivity contribution in [3.8, 4) is 0 Å². The van der Waals surface area contributed by atoms with E-state index in [4.69, 9.17) is 28.9 Å². The highest BCUT2D eigenvalue weighted by atomic mass is 35.5. The molecule has 0 unspecified atom stereocenters. The maximum atomic E-state index is 11.9. The molecule has 1 aromatic carbocycles. The molecule has 0 aliphatic carbocycles. The van der Waals surface area contributed by atoms with Crippen molar-refractivity contribution in [3.05, 3.63) is 50.1 Å². The van der Waals surface area contributed by atoms with Crippen LogP contribution in [-0.4, -0.2) is 33.9 Å². The Labute approximate surface area is 146 Å². The average molecular weight is 371 g/mol. The Morgan fingerprint density at radius 3 is 2.67 bits per heavy atom. The van der Waals surface area contributed by atoms with Gasteiger partial charge in [-0.1, -0.05) is 23.2 Å². The van der Waals surface area contributed by atoms with Crippen LogP contribution in [0.1, 0.15) is 10.4 Å². The number of nitrogen functional groups attached to an aromatic ring is 1. The lowest BCUT2D eigenvalue weighted by Crippen LogP contribution is -2.29. The van der Waals surface area contributed by atoms with Crippen molar-refractivity contribution >= 4 is 46.6 Å². The Kier molecular flexibility index (Phi) is 5.72. The topological polar surface area (TPSA) is 136 Å². The molecule has 0 aliphatic rings. The number of aromatic nitrogens is 2. The molecule has 11 heteroatoms. The van der Waals surface area contributed by atoms with Crippen LogP contribution in [0.4, 0.5) is 17.5 Å². The number of nitrogens with one attached hydrogen (secondary N) is 2. The summed E-state index contributed by atoms with van der Waals surface area (Å²) in [6, 6.07) is 4.55. The molecule has 2 rings (SSSR count). The molecule has 0 radical (unpaired) electrons. The van der Waals surface area contributed by atoms with Gasteiger partial charge in [0, 0.05) is 18.7 Å². The zero-order valence-corrected chi connectivity index (χ0v) is 13.6. The number of rotatable bonds is 6. The van der Waals surface area contributed by atoms with Crippen molar-refractivity contribution in [2.75, 3.05) is 24.1 Å². The number of benzene rings is 1. The van der Waals surface area contributed by atoms with E-state index >= 15 is 0 Å². The fraction of sp³-hybridized carbons (Fsp3) is 0.154. The van der Waals surface area contributed by atoms with Gasteiger partial charge in [-0.2, -0.15) is 4.98 Å². The summed E-state index contributed by atoms with van der Waals surface area (Å²) in [4.78, 5) is 29.4. The average Bonchev–Trinajstić information content (AvgIpc) is 2.53. The van der Waals surface area contributed by atoms with Crippen molar-refractivity contribution in [1.82, 2.24) is 15.3 Å². The summed E-state index contributed by atoms with van der Waals surface area (Å²) in [5, 5.41) is 16.7. The minimum Gasteiger partial charge on any atom is -0.378 e. The van der Waals surface area contributed by atoms with Crippen molar-refractivity contribution in [1.29, 1.82) is 0 Å². The normalized spacial score (nSPS) is 10.2. The molecule has 24 heavy (non-hydrogen) atoms. The molecule has 1 aromatic heterocycles. The standard InChI is InChI=1S/C13H12Cl2N6O3/c14-8-2-1-7(5-9(8)15)12(22)17-3-4-18-13-19-6-10(21(23)24)11(16)20-13/h1-2,5-6H,3-4H2,(H,17,22)(H3,16,18,19,20). The molecular formula is C13H12Cl2N6O3. The largest absolute Gasteiger partial charge is 0.378 e. The number of carbonyl (C=O) groups is 1. The van der Waals surface area contributed by atoms with Gasteiger partial charge in [0.1, 0.15) is 6.20 Å². The van der Waals surface area contributed by atoms with Gasteiger partial charge >= 0.3 is 5.69 Å². The molecule has 0 aliphatic heterocycles. The lowest BCUT2D eigenvalue weighted by atomic mass is 10.2. The Balaban J connectivity index is 1.84. The van der Waals surface area contributed by atoms with Crippen molar-refractivity contribution in [3.63, 3.8) is 0 Å². The smallest absolute Gasteiger partial charge is 0.329 e. The first-order valence-electron chi connectivity index (χ1n) is 6.62. The zero-order valence-electron chi connectivity index (χ0n) is 12.1. The van der Waals surface area contributed by atoms with E-state index in [-0.39, 0.29) is 34.9 Å². The molecule has 9 nitrogen and oxygen atoms in total. The number of anilines is 2. The highest BCUT2D eigenvalue weighted by Gasteiger charge is 2.14. The number of nitrogens with two attached hydrogens (primary N) is 1. The number of nitrogens with zero attached hydrogens (tertiary/aromatic N) is 3. The van der Waals surface area contributed by atoms with E-state index in [0.29, 0.717) is 17.1 Å². The van der Waals surface area contributed by atoms with E-state index in [9.17, 15) is 14.9 Å². The summed E-state index contributed by atoms with van der Waals surface area (Å²) in [6.45, 7) is 0.559. The van der Waals surface area contributed by atoms with Crippen LogP contribution in [0.2, 0.25) is 10.0 Å². The van der Waals surface area contributed by atoms with Gasteiger partial charge < -0.3 is 16.4 Å². The highest BCUT2D eigenvalue weighted by Crippen LogP contribution is 2.22. The van der Waals surface area contributed by atoms with Crippen LogP contribution in [0.15, 0.2) is 24.4 Å². The van der Waals surface area contributed by atoms with Gasteiger partial charge in [0.2, 0.25) is 11.8 Å². The highest BCUT2D eigenvalue weighted by molar-refractivity contribution is 6.42. The molecule has 1 amide bonds. The van der Waals surface area contributed by atoms with Crippen LogP contribution < -0.4 is 16.4 Å². The summed E-state index contributed by atoms with van der Waals surface area (Å²) in [6.07, 6.45) is 1.01. The first kappa shape index (κ1) is 17.7. The Bertz CT molecular complexity index is 786. The van der Waals surface area contributed by atoms with E-state index in [0.717, 1.165) is 6.20 Å². The van der Waals surface area contributed by atoms with E-state index in [1.807, 2.05) is 0 Å². The summed E-state index contributed by atoms with van der Waals surface area (Å²) >= 11 is 11.6. The van der Waals surface area contributed by atoms with Crippen LogP contribution >= 0.6 is 23.2 Å². The van der Waals surface area contributed by atoms with Crippen LogP contribution in [0.25, 0.3) is 0 Å². The van der Waals surface area contributed by atoms with Crippen LogP contribution in [-0.2, 0) is 0 Å². The molecule has 0 saturated heterocycles. The van der Waals surface area contributed by atoms with Crippen LogP contribution in [0.3, 0.4) is 0 Å². The van der Waals surface area contributed by atoms with Crippen molar-refractivity contribution in [2.24, 2.45) is 0 Å². The monoisotopic (exact) mass is 370 g/mol. The second-order valence-electron chi connectivity index (χ2n) is 4.53. The molecule has 0 bridgehead atoms. The summed E-state index contributed by atoms with van der Waals surface area (Å²) < 4.78 is 0. The molecule has 0 fully saturated rings. The minimum atomic E-state index is -0.670. The van der Waals surface area contributed by atoms with E-state index in [2.05, 4.69) is 20.6 Å². The first-order valence-corrected chi connectivity index (χ1v) is 7.38. The first-order chi connectivity index (χ1) is 11.4. The number of hydrogen-bond donors (Lipinski definition) is 3. The number of halogens is 2. The Hall–Kier alpha value is -2.65. The maximum Gasteiger partial charge on any atom is 0.329 e. The predicted octanol–water partition coefficient (Wildman–Crippen LogP) is 2.12. The minimum absolute atomic E-state index is 0.127. The number of nitro groups is 1. The van der Waals surface area contributed by atoms with Gasteiger partial charge in [-0.15, -0.1) is 0 Å². The number of amides is 1. The lowest BCUT2D eigenvalue weighted by molar-refractivity contribution is -0.384. The van der Waals surface area contributed by atoms with Crippen molar-refractivity contribution in [2.45, 2.75) is 0 Å². The number of hydrogen-bond acceptors (Lipinski definition) is 7. The maximum absolute atomic E-state index is 11.9. The van der Waals surface area contributed by atoms with E-state index in [1.54, 1.807) is 6.07 Å². The van der Waals surface area contributed by atoms with Crippen LogP contribution in [0.5, 0.6) is 0 Å². The van der Waals surface area contributed by atoms with Gasteiger partial charge in [0.15, 0.2) is 0 Å². The fourth-order valence-corrected chi connectivity index (χ4v) is 2.00.